The van der Waals surface area contributed by atoms with Crippen molar-refractivity contribution in [2.45, 2.75) is 33.3 Å². The van der Waals surface area contributed by atoms with Crippen LogP contribution in [0.4, 0.5) is 19.8 Å². The number of hydrogen-bond acceptors (Lipinski definition) is 5. The molecule has 0 saturated carbocycles. The van der Waals surface area contributed by atoms with Gasteiger partial charge in [0.25, 0.3) is 0 Å². The Hall–Kier alpha value is -2.60. The fourth-order valence-corrected chi connectivity index (χ4v) is 1.83. The van der Waals surface area contributed by atoms with Gasteiger partial charge in [-0.1, -0.05) is 11.6 Å². The lowest BCUT2D eigenvalue weighted by molar-refractivity contribution is 0.0455. The van der Waals surface area contributed by atoms with Crippen LogP contribution in [0, 0.1) is 17.1 Å². The topological polar surface area (TPSA) is 107 Å². The molecule has 1 aromatic heterocycles. The number of pyridine rings is 1. The summed E-state index contributed by atoms with van der Waals surface area (Å²) in [6, 6.07) is 2.40. The molecule has 0 atom stereocenters. The Bertz CT molecular complexity index is 699. The van der Waals surface area contributed by atoms with Crippen LogP contribution in [0.1, 0.15) is 33.3 Å². The quantitative estimate of drug-likeness (QED) is 0.641. The molecule has 0 aliphatic carbocycles. The highest BCUT2D eigenvalue weighted by molar-refractivity contribution is 6.30. The zero-order chi connectivity index (χ0) is 18.7. The summed E-state index contributed by atoms with van der Waals surface area (Å²) < 4.78 is 19.4. The summed E-state index contributed by atoms with van der Waals surface area (Å²) in [7, 11) is 0. The number of aromatic nitrogens is 1. The molecule has 1 rings (SSSR count). The number of hydrazine groups is 1. The lowest BCUT2D eigenvalue weighted by atomic mass is 10.2. The van der Waals surface area contributed by atoms with E-state index in [0.717, 1.165) is 6.07 Å². The van der Waals surface area contributed by atoms with Crippen molar-refractivity contribution >= 4 is 29.6 Å². The van der Waals surface area contributed by atoms with Crippen molar-refractivity contribution in [3.8, 4) is 6.07 Å². The highest BCUT2D eigenvalue weighted by atomic mass is 35.5. The number of nitriles is 1. The van der Waals surface area contributed by atoms with Gasteiger partial charge in [-0.15, -0.1) is 0 Å². The van der Waals surface area contributed by atoms with Gasteiger partial charge in [-0.2, -0.15) is 10.3 Å². The maximum atomic E-state index is 14.3. The summed E-state index contributed by atoms with van der Waals surface area (Å²) in [5.74, 6) is -1.78. The van der Waals surface area contributed by atoms with Crippen molar-refractivity contribution in [2.75, 3.05) is 11.6 Å². The first-order chi connectivity index (χ1) is 11.0. The monoisotopic (exact) mass is 358 g/mol. The molecule has 0 bridgehead atoms. The number of carbonyl (C=O) groups excluding carboxylic acids is 1. The summed E-state index contributed by atoms with van der Waals surface area (Å²) in [5, 5.41) is 18.7. The van der Waals surface area contributed by atoms with Crippen molar-refractivity contribution in [1.82, 2.24) is 9.99 Å². The average Bonchev–Trinajstić information content (AvgIpc) is 2.44. The highest BCUT2D eigenvalue weighted by Crippen LogP contribution is 2.26. The molecule has 0 radical (unpaired) electrons. The van der Waals surface area contributed by atoms with Crippen LogP contribution in [-0.2, 0) is 4.74 Å². The molecular weight excluding hydrogens is 343 g/mol. The maximum absolute atomic E-state index is 14.3. The molecule has 0 saturated heterocycles. The van der Waals surface area contributed by atoms with Crippen LogP contribution in [0.3, 0.4) is 0 Å². The molecule has 10 heteroatoms. The molecule has 1 aromatic rings. The summed E-state index contributed by atoms with van der Waals surface area (Å²) in [4.78, 5) is 27.4. The fourth-order valence-electron chi connectivity index (χ4n) is 1.65. The second kappa shape index (κ2) is 7.31. The van der Waals surface area contributed by atoms with Crippen LogP contribution in [0.5, 0.6) is 0 Å². The third-order valence-corrected chi connectivity index (χ3v) is 2.85. The zero-order valence-electron chi connectivity index (χ0n) is 13.5. The molecule has 0 aliphatic rings. The number of hydrogen-bond donors (Lipinski definition) is 1. The number of carbonyl (C=O) groups is 2. The molecule has 0 aromatic carbocycles. The standard InChI is InChI=1S/C14H16ClFN4O4/c1-5-19(12(21)22)20(13(23)24-14(2,3)4)11-9(16)6-8(7-17)10(15)18-11/h6H,5H2,1-4H3,(H,21,22). The zero-order valence-corrected chi connectivity index (χ0v) is 14.3. The van der Waals surface area contributed by atoms with Crippen LogP contribution < -0.4 is 5.01 Å². The van der Waals surface area contributed by atoms with Crippen LogP contribution in [0.2, 0.25) is 5.15 Å². The van der Waals surface area contributed by atoms with Crippen molar-refractivity contribution < 1.29 is 23.8 Å². The number of rotatable bonds is 2. The summed E-state index contributed by atoms with van der Waals surface area (Å²) >= 11 is 5.77. The molecule has 0 fully saturated rings. The van der Waals surface area contributed by atoms with E-state index in [9.17, 15) is 19.1 Å². The normalized spacial score (nSPS) is 10.7. The second-order valence-corrected chi connectivity index (χ2v) is 5.89. The van der Waals surface area contributed by atoms with E-state index in [1.165, 1.54) is 6.92 Å². The Morgan fingerprint density at radius 2 is 2.08 bits per heavy atom. The Balaban J connectivity index is 3.49. The molecule has 2 amide bonds. The van der Waals surface area contributed by atoms with Gasteiger partial charge in [0.2, 0.25) is 0 Å². The summed E-state index contributed by atoms with van der Waals surface area (Å²) in [6.45, 7) is 5.95. The third-order valence-electron chi connectivity index (χ3n) is 2.56. The van der Waals surface area contributed by atoms with Gasteiger partial charge in [0.05, 0.1) is 5.56 Å². The predicted octanol–water partition coefficient (Wildman–Crippen LogP) is 3.40. The van der Waals surface area contributed by atoms with Gasteiger partial charge in [-0.3, -0.25) is 0 Å². The van der Waals surface area contributed by atoms with Crippen LogP contribution in [0.25, 0.3) is 0 Å². The van der Waals surface area contributed by atoms with Gasteiger partial charge in [0, 0.05) is 6.54 Å². The number of carboxylic acid groups (broad SMARTS) is 1. The van der Waals surface area contributed by atoms with E-state index in [-0.39, 0.29) is 17.3 Å². The molecule has 130 valence electrons. The molecule has 0 aliphatic heterocycles. The molecule has 24 heavy (non-hydrogen) atoms. The molecular formula is C14H16ClFN4O4. The Morgan fingerprint density at radius 1 is 1.50 bits per heavy atom. The average molecular weight is 359 g/mol. The second-order valence-electron chi connectivity index (χ2n) is 5.53. The van der Waals surface area contributed by atoms with Gasteiger partial charge in [-0.25, -0.2) is 24.0 Å². The van der Waals surface area contributed by atoms with Crippen LogP contribution in [-0.4, -0.2) is 39.4 Å². The third kappa shape index (κ3) is 4.45. The van der Waals surface area contributed by atoms with Crippen molar-refractivity contribution in [3.63, 3.8) is 0 Å². The number of anilines is 1. The smallest absolute Gasteiger partial charge is 0.435 e. The molecule has 8 nitrogen and oxygen atoms in total. The highest BCUT2D eigenvalue weighted by Gasteiger charge is 2.34. The SMILES string of the molecule is CCN(C(=O)O)N(C(=O)OC(C)(C)C)c1nc(Cl)c(C#N)cc1F. The Kier molecular flexibility index (Phi) is 5.93. The Labute approximate surface area is 143 Å². The fraction of sp³-hybridized carbons (Fsp3) is 0.429. The number of nitrogens with zero attached hydrogens (tertiary/aromatic N) is 4. The maximum Gasteiger partial charge on any atom is 0.435 e. The minimum Gasteiger partial charge on any atom is -0.464 e. The van der Waals surface area contributed by atoms with Gasteiger partial charge in [0.1, 0.15) is 16.8 Å². The van der Waals surface area contributed by atoms with E-state index < -0.39 is 29.4 Å². The van der Waals surface area contributed by atoms with Crippen LogP contribution in [0.15, 0.2) is 6.07 Å². The first kappa shape index (κ1) is 19.4. The van der Waals surface area contributed by atoms with Gasteiger partial charge < -0.3 is 9.84 Å². The minimum absolute atomic E-state index is 0.187. The van der Waals surface area contributed by atoms with E-state index in [1.807, 2.05) is 0 Å². The van der Waals surface area contributed by atoms with Gasteiger partial charge in [-0.05, 0) is 33.8 Å². The van der Waals surface area contributed by atoms with E-state index >= 15 is 0 Å². The molecule has 0 spiro atoms. The first-order valence-electron chi connectivity index (χ1n) is 6.81. The number of amides is 2. The largest absolute Gasteiger partial charge is 0.464 e. The van der Waals surface area contributed by atoms with Gasteiger partial charge >= 0.3 is 12.2 Å². The first-order valence-corrected chi connectivity index (χ1v) is 7.19. The van der Waals surface area contributed by atoms with E-state index in [1.54, 1.807) is 26.8 Å². The van der Waals surface area contributed by atoms with Crippen molar-refractivity contribution in [1.29, 1.82) is 5.26 Å². The van der Waals surface area contributed by atoms with E-state index in [0.29, 0.717) is 10.0 Å². The molecule has 1 N–H and O–H groups in total. The molecule has 0 unspecified atom stereocenters. The lowest BCUT2D eigenvalue weighted by Crippen LogP contribution is -2.52. The summed E-state index contributed by atoms with van der Waals surface area (Å²) in [6.07, 6.45) is -2.68. The molecule has 1 heterocycles. The lowest BCUT2D eigenvalue weighted by Gasteiger charge is -2.32. The van der Waals surface area contributed by atoms with Crippen LogP contribution >= 0.6 is 11.6 Å². The van der Waals surface area contributed by atoms with Gasteiger partial charge in [0.15, 0.2) is 11.6 Å². The predicted molar refractivity (Wildman–Crippen MR) is 83.0 cm³/mol. The van der Waals surface area contributed by atoms with Crippen molar-refractivity contribution in [2.24, 2.45) is 0 Å². The number of halogens is 2. The summed E-state index contributed by atoms with van der Waals surface area (Å²) in [5.41, 5.74) is -1.21. The van der Waals surface area contributed by atoms with Crippen molar-refractivity contribution in [3.05, 3.63) is 22.6 Å². The minimum atomic E-state index is -1.52. The van der Waals surface area contributed by atoms with E-state index in [2.05, 4.69) is 4.98 Å². The van der Waals surface area contributed by atoms with E-state index in [4.69, 9.17) is 21.6 Å². The number of ether oxygens (including phenoxy) is 1. The Morgan fingerprint density at radius 3 is 2.50 bits per heavy atom.